The van der Waals surface area contributed by atoms with E-state index in [1.807, 2.05) is 48.5 Å². The fourth-order valence-corrected chi connectivity index (χ4v) is 1.63. The highest BCUT2D eigenvalue weighted by Crippen LogP contribution is 2.03. The second-order valence-electron chi connectivity index (χ2n) is 5.89. The van der Waals surface area contributed by atoms with Gasteiger partial charge in [-0.2, -0.15) is 0 Å². The minimum Gasteiger partial charge on any atom is -0.327 e. The van der Waals surface area contributed by atoms with E-state index in [4.69, 9.17) is 0 Å². The standard InChI is InChI=1S/C17H28N2O2.C2H6/c1-7-15(19-17(21)11-13(4)5)9-8-14(6)18-16(20)10-12(2)3;1-2/h7-9,12-13H,6,10-11H2,1-5H3,(H,18,20)(H,19,21);1-2H3/b9-8-,15-7+;. The van der Waals surface area contributed by atoms with E-state index in [1.54, 1.807) is 18.2 Å². The van der Waals surface area contributed by atoms with Gasteiger partial charge in [0, 0.05) is 24.2 Å². The van der Waals surface area contributed by atoms with E-state index in [2.05, 4.69) is 17.2 Å². The molecule has 0 aromatic heterocycles. The van der Waals surface area contributed by atoms with Crippen LogP contribution in [0.4, 0.5) is 0 Å². The lowest BCUT2D eigenvalue weighted by atomic mass is 10.1. The molecule has 0 aliphatic rings. The lowest BCUT2D eigenvalue weighted by molar-refractivity contribution is -0.121. The van der Waals surface area contributed by atoms with Crippen LogP contribution < -0.4 is 10.6 Å². The van der Waals surface area contributed by atoms with E-state index < -0.39 is 0 Å². The highest BCUT2D eigenvalue weighted by molar-refractivity contribution is 5.79. The Morgan fingerprint density at radius 3 is 1.74 bits per heavy atom. The van der Waals surface area contributed by atoms with E-state index in [0.717, 1.165) is 0 Å². The molecule has 0 saturated carbocycles. The molecule has 0 aliphatic carbocycles. The maximum atomic E-state index is 11.7. The molecule has 0 radical (unpaired) electrons. The van der Waals surface area contributed by atoms with Gasteiger partial charge in [0.15, 0.2) is 0 Å². The van der Waals surface area contributed by atoms with Gasteiger partial charge in [-0.25, -0.2) is 0 Å². The topological polar surface area (TPSA) is 58.2 Å². The fraction of sp³-hybridized carbons (Fsp3) is 0.579. The van der Waals surface area contributed by atoms with E-state index >= 15 is 0 Å². The summed E-state index contributed by atoms with van der Waals surface area (Å²) in [5.74, 6) is 0.559. The van der Waals surface area contributed by atoms with Crippen LogP contribution in [0.5, 0.6) is 0 Å². The van der Waals surface area contributed by atoms with Gasteiger partial charge in [-0.3, -0.25) is 9.59 Å². The Morgan fingerprint density at radius 1 is 0.913 bits per heavy atom. The Hall–Kier alpha value is -1.84. The van der Waals surface area contributed by atoms with Gasteiger partial charge >= 0.3 is 0 Å². The van der Waals surface area contributed by atoms with Crippen molar-refractivity contribution >= 4 is 11.8 Å². The Labute approximate surface area is 142 Å². The van der Waals surface area contributed by atoms with Gasteiger partial charge in [0.1, 0.15) is 0 Å². The van der Waals surface area contributed by atoms with Crippen molar-refractivity contribution in [2.45, 2.75) is 61.3 Å². The second kappa shape index (κ2) is 13.8. The number of nitrogens with one attached hydrogen (secondary N) is 2. The second-order valence-corrected chi connectivity index (χ2v) is 5.89. The summed E-state index contributed by atoms with van der Waals surface area (Å²) < 4.78 is 0. The molecule has 0 bridgehead atoms. The summed E-state index contributed by atoms with van der Waals surface area (Å²) in [6.07, 6.45) is 6.17. The Bertz CT molecular complexity index is 433. The molecular formula is C19H34N2O2. The summed E-state index contributed by atoms with van der Waals surface area (Å²) in [5.41, 5.74) is 1.21. The zero-order valence-corrected chi connectivity index (χ0v) is 15.8. The van der Waals surface area contributed by atoms with Crippen molar-refractivity contribution in [1.29, 1.82) is 0 Å². The van der Waals surface area contributed by atoms with Crippen LogP contribution >= 0.6 is 0 Å². The third kappa shape index (κ3) is 14.8. The summed E-state index contributed by atoms with van der Waals surface area (Å²) >= 11 is 0. The minimum absolute atomic E-state index is 0.0165. The van der Waals surface area contributed by atoms with Crippen molar-refractivity contribution in [1.82, 2.24) is 10.6 Å². The third-order valence-electron chi connectivity index (χ3n) is 2.55. The Morgan fingerprint density at radius 2 is 1.35 bits per heavy atom. The molecule has 4 nitrogen and oxygen atoms in total. The molecule has 4 heteroatoms. The largest absolute Gasteiger partial charge is 0.327 e. The predicted octanol–water partition coefficient (Wildman–Crippen LogP) is 4.31. The Balaban J connectivity index is 0. The first-order chi connectivity index (χ1) is 10.7. The molecule has 0 spiro atoms. The molecule has 2 amide bonds. The average Bonchev–Trinajstić information content (AvgIpc) is 2.43. The van der Waals surface area contributed by atoms with Crippen molar-refractivity contribution in [2.75, 3.05) is 0 Å². The van der Waals surface area contributed by atoms with E-state index in [1.165, 1.54) is 0 Å². The van der Waals surface area contributed by atoms with Gasteiger partial charge in [0.05, 0.1) is 0 Å². The molecule has 23 heavy (non-hydrogen) atoms. The molecule has 2 N–H and O–H groups in total. The van der Waals surface area contributed by atoms with Crippen LogP contribution in [0.15, 0.2) is 36.2 Å². The van der Waals surface area contributed by atoms with Gasteiger partial charge in [-0.15, -0.1) is 0 Å². The number of rotatable bonds is 8. The maximum absolute atomic E-state index is 11.7. The first-order valence-electron chi connectivity index (χ1n) is 8.37. The van der Waals surface area contributed by atoms with Crippen LogP contribution in [0.3, 0.4) is 0 Å². The maximum Gasteiger partial charge on any atom is 0.224 e. The zero-order chi connectivity index (χ0) is 18.4. The fourth-order valence-electron chi connectivity index (χ4n) is 1.63. The van der Waals surface area contributed by atoms with Gasteiger partial charge in [-0.05, 0) is 30.9 Å². The van der Waals surface area contributed by atoms with Crippen molar-refractivity contribution in [3.63, 3.8) is 0 Å². The quantitative estimate of drug-likeness (QED) is 0.654. The van der Waals surface area contributed by atoms with Crippen LogP contribution in [-0.2, 0) is 9.59 Å². The first-order valence-corrected chi connectivity index (χ1v) is 8.37. The van der Waals surface area contributed by atoms with Crippen molar-refractivity contribution in [3.8, 4) is 0 Å². The first kappa shape index (κ1) is 23.4. The van der Waals surface area contributed by atoms with Gasteiger partial charge in [-0.1, -0.05) is 54.2 Å². The highest BCUT2D eigenvalue weighted by atomic mass is 16.2. The molecule has 0 rings (SSSR count). The normalized spacial score (nSPS) is 11.3. The molecule has 0 aromatic rings. The summed E-state index contributed by atoms with van der Waals surface area (Å²) in [5, 5.41) is 5.54. The molecule has 0 aliphatic heterocycles. The number of amides is 2. The molecule has 0 saturated heterocycles. The van der Waals surface area contributed by atoms with E-state index in [0.29, 0.717) is 36.1 Å². The van der Waals surface area contributed by atoms with Crippen LogP contribution in [0, 0.1) is 11.8 Å². The molecule has 132 valence electrons. The third-order valence-corrected chi connectivity index (χ3v) is 2.55. The molecule has 0 unspecified atom stereocenters. The van der Waals surface area contributed by atoms with Gasteiger partial charge < -0.3 is 10.6 Å². The molecular weight excluding hydrogens is 288 g/mol. The SMILES string of the molecule is C=C(/C=C\C(=C/C)NC(=O)CC(C)C)NC(=O)CC(C)C.CC. The average molecular weight is 322 g/mol. The monoisotopic (exact) mass is 322 g/mol. The summed E-state index contributed by atoms with van der Waals surface area (Å²) in [6, 6.07) is 0. The van der Waals surface area contributed by atoms with Gasteiger partial charge in [0.2, 0.25) is 11.8 Å². The highest BCUT2D eigenvalue weighted by Gasteiger charge is 2.06. The lowest BCUT2D eigenvalue weighted by Gasteiger charge is -2.09. The van der Waals surface area contributed by atoms with Crippen molar-refractivity contribution in [3.05, 3.63) is 36.2 Å². The van der Waals surface area contributed by atoms with Gasteiger partial charge in [0.25, 0.3) is 0 Å². The number of allylic oxidation sites excluding steroid dienone is 3. The van der Waals surface area contributed by atoms with E-state index in [9.17, 15) is 9.59 Å². The van der Waals surface area contributed by atoms with Crippen LogP contribution in [0.25, 0.3) is 0 Å². The summed E-state index contributed by atoms with van der Waals surface area (Å²) in [6.45, 7) is 17.6. The van der Waals surface area contributed by atoms with E-state index in [-0.39, 0.29) is 11.8 Å². The minimum atomic E-state index is -0.0504. The number of carbonyl (C=O) groups excluding carboxylic acids is 2. The van der Waals surface area contributed by atoms with Crippen molar-refractivity contribution < 1.29 is 9.59 Å². The summed E-state index contributed by atoms with van der Waals surface area (Å²) in [4.78, 5) is 23.3. The predicted molar refractivity (Wildman–Crippen MR) is 98.6 cm³/mol. The smallest absolute Gasteiger partial charge is 0.224 e. The van der Waals surface area contributed by atoms with Crippen LogP contribution in [0.1, 0.15) is 61.3 Å². The molecule has 0 aromatic carbocycles. The zero-order valence-electron chi connectivity index (χ0n) is 15.8. The molecule has 0 heterocycles. The van der Waals surface area contributed by atoms with Crippen LogP contribution in [0.2, 0.25) is 0 Å². The number of carbonyl (C=O) groups is 2. The van der Waals surface area contributed by atoms with Crippen LogP contribution in [-0.4, -0.2) is 11.8 Å². The summed E-state index contributed by atoms with van der Waals surface area (Å²) in [7, 11) is 0. The number of hydrogen-bond donors (Lipinski definition) is 2. The Kier molecular flexibility index (Phi) is 14.1. The molecule has 0 atom stereocenters. The number of hydrogen-bond acceptors (Lipinski definition) is 2. The van der Waals surface area contributed by atoms with Crippen molar-refractivity contribution in [2.24, 2.45) is 11.8 Å². The molecule has 0 fully saturated rings. The lowest BCUT2D eigenvalue weighted by Crippen LogP contribution is -2.24.